The zero-order valence-electron chi connectivity index (χ0n) is 25.9. The Labute approximate surface area is 273 Å². The van der Waals surface area contributed by atoms with Crippen LogP contribution >= 0.6 is 11.3 Å². The Bertz CT molecular complexity index is 1830. The highest BCUT2D eigenvalue weighted by Crippen LogP contribution is 2.53. The lowest BCUT2D eigenvalue weighted by molar-refractivity contribution is 0.0691. The maximum absolute atomic E-state index is 15.8. The van der Waals surface area contributed by atoms with Gasteiger partial charge in [-0.1, -0.05) is 19.9 Å². The number of carbonyl (C=O) groups is 1. The van der Waals surface area contributed by atoms with Gasteiger partial charge >= 0.3 is 5.97 Å². The fourth-order valence-corrected chi connectivity index (χ4v) is 9.51. The first-order chi connectivity index (χ1) is 22.0. The van der Waals surface area contributed by atoms with Crippen molar-refractivity contribution in [2.75, 3.05) is 0 Å². The summed E-state index contributed by atoms with van der Waals surface area (Å²) in [6, 6.07) is 9.81. The van der Waals surface area contributed by atoms with E-state index in [0.717, 1.165) is 54.5 Å². The summed E-state index contributed by atoms with van der Waals surface area (Å²) in [5, 5.41) is 22.1. The molecule has 3 saturated carbocycles. The van der Waals surface area contributed by atoms with E-state index < -0.39 is 22.8 Å². The lowest BCUT2D eigenvalue weighted by atomic mass is 9.58. The molecule has 0 spiro atoms. The molecule has 46 heavy (non-hydrogen) atoms. The second kappa shape index (κ2) is 12.4. The fourth-order valence-electron chi connectivity index (χ4n) is 8.28. The molecule has 2 aromatic heterocycles. The molecule has 242 valence electrons. The van der Waals surface area contributed by atoms with Gasteiger partial charge in [0.1, 0.15) is 22.6 Å². The minimum Gasteiger partial charge on any atom is -0.476 e. The molecule has 3 fully saturated rings. The molecule has 11 heteroatoms. The molecular formula is C35H38F2N4O3S2. The van der Waals surface area contributed by atoms with E-state index >= 15 is 4.39 Å². The van der Waals surface area contributed by atoms with Crippen molar-refractivity contribution < 1.29 is 22.9 Å². The number of nitrogens with zero attached hydrogens (tertiary/aromatic N) is 3. The van der Waals surface area contributed by atoms with E-state index in [0.29, 0.717) is 58.8 Å². The number of thiazole rings is 1. The summed E-state index contributed by atoms with van der Waals surface area (Å²) in [4.78, 5) is 16.0. The number of nitrogens with two attached hydrogens (primary N) is 1. The minimum absolute atomic E-state index is 0.0567. The Morgan fingerprint density at radius 2 is 1.89 bits per heavy atom. The van der Waals surface area contributed by atoms with Crippen LogP contribution in [0.5, 0.6) is 0 Å². The molecule has 4 aromatic rings. The molecule has 0 amide bonds. The van der Waals surface area contributed by atoms with Gasteiger partial charge in [0.05, 0.1) is 16.3 Å². The Kier molecular flexibility index (Phi) is 8.44. The van der Waals surface area contributed by atoms with Gasteiger partial charge < -0.3 is 5.11 Å². The second-order valence-electron chi connectivity index (χ2n) is 13.8. The monoisotopic (exact) mass is 664 g/mol. The first kappa shape index (κ1) is 31.3. The SMILES string of the molecule is CC1CC2CC(C)C(c3cc(-c4nn(-c5nc(C(=O)O)cs5)c(CC5CC5)c4Cc4ccc(S(N)=O)c(F)c4)ccc3F)C(C1)C2. The molecule has 2 bridgehead atoms. The number of fused-ring (bicyclic) bond motifs is 2. The van der Waals surface area contributed by atoms with Gasteiger partial charge in [-0.3, -0.25) is 0 Å². The highest BCUT2D eigenvalue weighted by atomic mass is 32.2. The van der Waals surface area contributed by atoms with Gasteiger partial charge in [0.2, 0.25) is 5.13 Å². The van der Waals surface area contributed by atoms with E-state index in [1.165, 1.54) is 35.3 Å². The van der Waals surface area contributed by atoms with Gasteiger partial charge in [-0.25, -0.2) is 32.6 Å². The van der Waals surface area contributed by atoms with Crippen LogP contribution in [-0.2, 0) is 23.8 Å². The van der Waals surface area contributed by atoms with Crippen LogP contribution in [0, 0.1) is 41.2 Å². The topological polar surface area (TPSA) is 111 Å². The molecule has 3 aliphatic carbocycles. The lowest BCUT2D eigenvalue weighted by Crippen LogP contribution is -2.36. The molecule has 2 heterocycles. The van der Waals surface area contributed by atoms with E-state index in [4.69, 9.17) is 10.2 Å². The molecule has 6 unspecified atom stereocenters. The number of carboxylic acid groups (broad SMARTS) is 1. The van der Waals surface area contributed by atoms with Crippen molar-refractivity contribution in [1.82, 2.24) is 14.8 Å². The highest BCUT2D eigenvalue weighted by molar-refractivity contribution is 7.82. The number of halogens is 2. The molecule has 7 rings (SSSR count). The van der Waals surface area contributed by atoms with Crippen LogP contribution in [0.3, 0.4) is 0 Å². The van der Waals surface area contributed by atoms with Crippen molar-refractivity contribution in [3.05, 3.63) is 81.5 Å². The van der Waals surface area contributed by atoms with E-state index in [2.05, 4.69) is 18.8 Å². The quantitative estimate of drug-likeness (QED) is 0.191. The Hall–Kier alpha value is -3.28. The zero-order valence-corrected chi connectivity index (χ0v) is 27.6. The number of aromatic nitrogens is 3. The first-order valence-electron chi connectivity index (χ1n) is 16.1. The van der Waals surface area contributed by atoms with Crippen LogP contribution in [0.4, 0.5) is 8.78 Å². The minimum atomic E-state index is -1.95. The predicted molar refractivity (Wildman–Crippen MR) is 174 cm³/mol. The predicted octanol–water partition coefficient (Wildman–Crippen LogP) is 7.67. The van der Waals surface area contributed by atoms with Crippen LogP contribution in [0.25, 0.3) is 16.4 Å². The average molecular weight is 665 g/mol. The lowest BCUT2D eigenvalue weighted by Gasteiger charge is -2.46. The molecule has 0 saturated heterocycles. The zero-order chi connectivity index (χ0) is 32.3. The summed E-state index contributed by atoms with van der Waals surface area (Å²) in [5.41, 5.74) is 4.50. The van der Waals surface area contributed by atoms with Crippen molar-refractivity contribution in [2.45, 2.75) is 76.0 Å². The largest absolute Gasteiger partial charge is 0.476 e. The number of aromatic carboxylic acids is 1. The molecule has 0 radical (unpaired) electrons. The molecule has 2 aromatic carbocycles. The second-order valence-corrected chi connectivity index (χ2v) is 15.7. The maximum Gasteiger partial charge on any atom is 0.355 e. The number of hydrogen-bond acceptors (Lipinski definition) is 5. The number of carboxylic acids is 1. The van der Waals surface area contributed by atoms with Crippen molar-refractivity contribution in [3.63, 3.8) is 0 Å². The summed E-state index contributed by atoms with van der Waals surface area (Å²) in [6.07, 6.45) is 7.76. The van der Waals surface area contributed by atoms with Gasteiger partial charge in [0, 0.05) is 22.9 Å². The standard InChI is InChI=1S/C35H38F2N4O3S2/c1-18-9-22-11-19(2)32(24(10-18)12-22)25-16-23(6-7-27(25)36)33-26(13-21-5-8-31(46(38)44)28(37)14-21)30(15-20-3-4-20)41(40-33)35-39-29(17-45-35)34(42)43/h5-8,14,16-20,22,24,32H,3-4,9-13,15,38H2,1-2H3,(H,42,43). The third kappa shape index (κ3) is 6.09. The third-order valence-electron chi connectivity index (χ3n) is 10.3. The molecule has 0 aliphatic heterocycles. The van der Waals surface area contributed by atoms with Crippen LogP contribution in [-0.4, -0.2) is 30.0 Å². The van der Waals surface area contributed by atoms with Crippen LogP contribution in [0.15, 0.2) is 46.7 Å². The Balaban J connectivity index is 1.37. The van der Waals surface area contributed by atoms with Gasteiger partial charge in [-0.05, 0) is 122 Å². The van der Waals surface area contributed by atoms with E-state index in [9.17, 15) is 18.5 Å². The van der Waals surface area contributed by atoms with Crippen LogP contribution in [0.2, 0.25) is 0 Å². The summed E-state index contributed by atoms with van der Waals surface area (Å²) in [7, 11) is -1.95. The summed E-state index contributed by atoms with van der Waals surface area (Å²) in [5.74, 6) is 0.750. The Morgan fingerprint density at radius 3 is 2.59 bits per heavy atom. The summed E-state index contributed by atoms with van der Waals surface area (Å²) >= 11 is 1.20. The number of hydrogen-bond donors (Lipinski definition) is 2. The molecule has 6 atom stereocenters. The first-order valence-corrected chi connectivity index (χ1v) is 18.2. The molecule has 3 aliphatic rings. The van der Waals surface area contributed by atoms with Crippen molar-refractivity contribution in [1.29, 1.82) is 0 Å². The van der Waals surface area contributed by atoms with E-state index in [1.54, 1.807) is 22.9 Å². The van der Waals surface area contributed by atoms with E-state index in [-0.39, 0.29) is 22.3 Å². The number of rotatable bonds is 9. The normalized spacial score (nSPS) is 25.0. The maximum atomic E-state index is 15.8. The smallest absolute Gasteiger partial charge is 0.355 e. The van der Waals surface area contributed by atoms with Crippen molar-refractivity contribution in [2.24, 2.45) is 34.7 Å². The summed E-state index contributed by atoms with van der Waals surface area (Å²) in [6.45, 7) is 4.57. The molecule has 3 N–H and O–H groups in total. The van der Waals surface area contributed by atoms with E-state index in [1.807, 2.05) is 6.07 Å². The Morgan fingerprint density at radius 1 is 1.09 bits per heavy atom. The van der Waals surface area contributed by atoms with Crippen LogP contribution in [0.1, 0.15) is 91.2 Å². The van der Waals surface area contributed by atoms with Crippen molar-refractivity contribution in [3.8, 4) is 16.4 Å². The molecular weight excluding hydrogens is 627 g/mol. The fraction of sp³-hybridized carbons (Fsp3) is 0.457. The molecule has 7 nitrogen and oxygen atoms in total. The average Bonchev–Trinajstić information content (AvgIpc) is 3.55. The summed E-state index contributed by atoms with van der Waals surface area (Å²) < 4.78 is 44.3. The van der Waals surface area contributed by atoms with Gasteiger partial charge in [-0.2, -0.15) is 5.10 Å². The van der Waals surface area contributed by atoms with Gasteiger partial charge in [0.25, 0.3) is 0 Å². The highest BCUT2D eigenvalue weighted by Gasteiger charge is 2.42. The van der Waals surface area contributed by atoms with Gasteiger partial charge in [0.15, 0.2) is 5.69 Å². The number of benzene rings is 2. The third-order valence-corrected chi connectivity index (χ3v) is 11.9. The van der Waals surface area contributed by atoms with Gasteiger partial charge in [-0.15, -0.1) is 11.3 Å². The van der Waals surface area contributed by atoms with Crippen LogP contribution < -0.4 is 5.14 Å². The van der Waals surface area contributed by atoms with Crippen molar-refractivity contribution >= 4 is 28.3 Å².